The van der Waals surface area contributed by atoms with E-state index in [1.807, 2.05) is 0 Å². The summed E-state index contributed by atoms with van der Waals surface area (Å²) in [5, 5.41) is 8.06. The van der Waals surface area contributed by atoms with Gasteiger partial charge in [-0.25, -0.2) is 17.9 Å². The summed E-state index contributed by atoms with van der Waals surface area (Å²) in [7, 11) is -3.78. The molecule has 0 aromatic heterocycles. The van der Waals surface area contributed by atoms with Gasteiger partial charge in [0, 0.05) is 6.54 Å². The van der Waals surface area contributed by atoms with E-state index in [2.05, 4.69) is 5.32 Å². The minimum absolute atomic E-state index is 0.0201. The first kappa shape index (κ1) is 14.3. The summed E-state index contributed by atoms with van der Waals surface area (Å²) in [5.41, 5.74) is 7.46. The molecule has 0 atom stereocenters. The Bertz CT molecular complexity index is 715. The lowest BCUT2D eigenvalue weighted by molar-refractivity contribution is 0.598. The molecule has 5 nitrogen and oxygen atoms in total. The lowest BCUT2D eigenvalue weighted by Crippen LogP contribution is -2.13. The number of anilines is 2. The molecule has 0 bridgehead atoms. The van der Waals surface area contributed by atoms with Gasteiger partial charge in [-0.15, -0.1) is 0 Å². The Morgan fingerprint density at radius 1 is 1.10 bits per heavy atom. The van der Waals surface area contributed by atoms with E-state index >= 15 is 0 Å². The number of primary sulfonamides is 1. The number of nitrogens with two attached hydrogens (primary N) is 2. The highest BCUT2D eigenvalue weighted by molar-refractivity contribution is 7.89. The quantitative estimate of drug-likeness (QED) is 0.747. The molecule has 0 aliphatic carbocycles. The van der Waals surface area contributed by atoms with E-state index in [1.54, 1.807) is 12.1 Å². The highest BCUT2D eigenvalue weighted by Crippen LogP contribution is 2.22. The van der Waals surface area contributed by atoms with Crippen molar-refractivity contribution in [3.8, 4) is 0 Å². The van der Waals surface area contributed by atoms with Crippen molar-refractivity contribution in [3.05, 3.63) is 53.8 Å². The summed E-state index contributed by atoms with van der Waals surface area (Å²) in [6, 6.07) is 10.1. The number of nitrogen functional groups attached to an aromatic ring is 1. The molecule has 5 N–H and O–H groups in total. The summed E-state index contributed by atoms with van der Waals surface area (Å²) in [6.45, 7) is 0.387. The molecule has 0 saturated carbocycles. The van der Waals surface area contributed by atoms with Crippen LogP contribution in [-0.4, -0.2) is 8.42 Å². The molecule has 2 aromatic rings. The Morgan fingerprint density at radius 2 is 1.75 bits per heavy atom. The smallest absolute Gasteiger partial charge is 0.238 e. The van der Waals surface area contributed by atoms with E-state index in [-0.39, 0.29) is 10.7 Å². The number of hydrogen-bond acceptors (Lipinski definition) is 4. The summed E-state index contributed by atoms with van der Waals surface area (Å²) in [4.78, 5) is -0.0201. The van der Waals surface area contributed by atoms with Crippen molar-refractivity contribution in [1.82, 2.24) is 0 Å². The lowest BCUT2D eigenvalue weighted by atomic mass is 10.2. The third-order valence-electron chi connectivity index (χ3n) is 2.75. The SMILES string of the molecule is Nc1ccc(S(N)(=O)=O)cc1NCc1ccc(F)cc1. The number of sulfonamides is 1. The number of hydrogen-bond donors (Lipinski definition) is 3. The molecule has 0 aliphatic rings. The van der Waals surface area contributed by atoms with Gasteiger partial charge in [-0.05, 0) is 35.9 Å². The van der Waals surface area contributed by atoms with Crippen LogP contribution in [0.25, 0.3) is 0 Å². The number of halogens is 1. The molecule has 0 radical (unpaired) electrons. The average Bonchev–Trinajstić information content (AvgIpc) is 2.38. The maximum atomic E-state index is 12.8. The second kappa shape index (κ2) is 5.48. The van der Waals surface area contributed by atoms with Crippen LogP contribution < -0.4 is 16.2 Å². The van der Waals surface area contributed by atoms with E-state index in [1.165, 1.54) is 30.3 Å². The molecule has 2 aromatic carbocycles. The Balaban J connectivity index is 2.19. The average molecular weight is 295 g/mol. The highest BCUT2D eigenvalue weighted by atomic mass is 32.2. The first-order chi connectivity index (χ1) is 9.36. The third-order valence-corrected chi connectivity index (χ3v) is 3.66. The Morgan fingerprint density at radius 3 is 2.35 bits per heavy atom. The van der Waals surface area contributed by atoms with Crippen LogP contribution in [0, 0.1) is 5.82 Å². The van der Waals surface area contributed by atoms with Crippen molar-refractivity contribution in [3.63, 3.8) is 0 Å². The molecule has 0 unspecified atom stereocenters. The van der Waals surface area contributed by atoms with E-state index in [4.69, 9.17) is 10.9 Å². The van der Waals surface area contributed by atoms with Crippen molar-refractivity contribution in [1.29, 1.82) is 0 Å². The Kier molecular flexibility index (Phi) is 3.91. The monoisotopic (exact) mass is 295 g/mol. The van der Waals surface area contributed by atoms with Crippen molar-refractivity contribution >= 4 is 21.4 Å². The summed E-state index contributed by atoms with van der Waals surface area (Å²) >= 11 is 0. The van der Waals surface area contributed by atoms with Gasteiger partial charge in [0.25, 0.3) is 0 Å². The maximum absolute atomic E-state index is 12.8. The lowest BCUT2D eigenvalue weighted by Gasteiger charge is -2.11. The number of benzene rings is 2. The van der Waals surface area contributed by atoms with Crippen molar-refractivity contribution < 1.29 is 12.8 Å². The van der Waals surface area contributed by atoms with Crippen molar-refractivity contribution in [2.24, 2.45) is 5.14 Å². The molecule has 0 amide bonds. The molecular weight excluding hydrogens is 281 g/mol. The zero-order valence-corrected chi connectivity index (χ0v) is 11.3. The molecule has 2 rings (SSSR count). The molecule has 0 spiro atoms. The van der Waals surface area contributed by atoms with Crippen molar-refractivity contribution in [2.45, 2.75) is 11.4 Å². The normalized spacial score (nSPS) is 11.3. The molecule has 106 valence electrons. The van der Waals surface area contributed by atoms with Crippen LogP contribution in [0.1, 0.15) is 5.56 Å². The van der Waals surface area contributed by atoms with Gasteiger partial charge in [-0.2, -0.15) is 0 Å². The largest absolute Gasteiger partial charge is 0.397 e. The van der Waals surface area contributed by atoms with Gasteiger partial charge >= 0.3 is 0 Å². The Labute approximate surface area is 116 Å². The highest BCUT2D eigenvalue weighted by Gasteiger charge is 2.10. The van der Waals surface area contributed by atoms with Crippen LogP contribution >= 0.6 is 0 Å². The van der Waals surface area contributed by atoms with E-state index in [0.29, 0.717) is 17.9 Å². The standard InChI is InChI=1S/C13H14FN3O2S/c14-10-3-1-9(2-4-10)8-17-13-7-11(20(16,18)19)5-6-12(13)15/h1-7,17H,8,15H2,(H2,16,18,19). The fraction of sp³-hybridized carbons (Fsp3) is 0.0769. The number of nitrogens with one attached hydrogen (secondary N) is 1. The zero-order valence-electron chi connectivity index (χ0n) is 10.5. The van der Waals surface area contributed by atoms with Gasteiger partial charge in [0.2, 0.25) is 10.0 Å². The van der Waals surface area contributed by atoms with Gasteiger partial charge in [0.05, 0.1) is 16.3 Å². The summed E-state index contributed by atoms with van der Waals surface area (Å²) in [5.74, 6) is -0.315. The van der Waals surface area contributed by atoms with Gasteiger partial charge in [0.15, 0.2) is 0 Å². The van der Waals surface area contributed by atoms with E-state index < -0.39 is 10.0 Å². The minimum Gasteiger partial charge on any atom is -0.397 e. The molecule has 0 heterocycles. The van der Waals surface area contributed by atoms with E-state index in [9.17, 15) is 12.8 Å². The molecule has 0 aliphatic heterocycles. The summed E-state index contributed by atoms with van der Waals surface area (Å²) in [6.07, 6.45) is 0. The molecule has 0 fully saturated rings. The van der Waals surface area contributed by atoms with Gasteiger partial charge < -0.3 is 11.1 Å². The summed E-state index contributed by atoms with van der Waals surface area (Å²) < 4.78 is 35.3. The fourth-order valence-corrected chi connectivity index (χ4v) is 2.20. The zero-order chi connectivity index (χ0) is 14.8. The Hall–Kier alpha value is -2.12. The van der Waals surface area contributed by atoms with Crippen LogP contribution in [0.15, 0.2) is 47.4 Å². The van der Waals surface area contributed by atoms with Crippen LogP contribution in [-0.2, 0) is 16.6 Å². The van der Waals surface area contributed by atoms with Crippen LogP contribution in [0.3, 0.4) is 0 Å². The second-order valence-corrected chi connectivity index (χ2v) is 5.84. The predicted octanol–water partition coefficient (Wildman–Crippen LogP) is 1.67. The van der Waals surface area contributed by atoms with Gasteiger partial charge in [0.1, 0.15) is 5.82 Å². The van der Waals surface area contributed by atoms with Crippen molar-refractivity contribution in [2.75, 3.05) is 11.1 Å². The predicted molar refractivity (Wildman–Crippen MR) is 76.0 cm³/mol. The van der Waals surface area contributed by atoms with Gasteiger partial charge in [-0.3, -0.25) is 0 Å². The van der Waals surface area contributed by atoms with Crippen LogP contribution in [0.5, 0.6) is 0 Å². The fourth-order valence-electron chi connectivity index (χ4n) is 1.67. The molecule has 20 heavy (non-hydrogen) atoms. The molecular formula is C13H14FN3O2S. The topological polar surface area (TPSA) is 98.2 Å². The van der Waals surface area contributed by atoms with Gasteiger partial charge in [-0.1, -0.05) is 12.1 Å². The van der Waals surface area contributed by atoms with Crippen LogP contribution in [0.2, 0.25) is 0 Å². The second-order valence-electron chi connectivity index (χ2n) is 4.27. The molecule has 7 heteroatoms. The first-order valence-electron chi connectivity index (χ1n) is 5.77. The third kappa shape index (κ3) is 3.46. The number of rotatable bonds is 4. The first-order valence-corrected chi connectivity index (χ1v) is 7.31. The maximum Gasteiger partial charge on any atom is 0.238 e. The minimum atomic E-state index is -3.78. The molecule has 0 saturated heterocycles. The van der Waals surface area contributed by atoms with E-state index in [0.717, 1.165) is 5.56 Å². The van der Waals surface area contributed by atoms with Crippen LogP contribution in [0.4, 0.5) is 15.8 Å².